The van der Waals surface area contributed by atoms with E-state index in [-0.39, 0.29) is 0 Å². The van der Waals surface area contributed by atoms with Crippen molar-refractivity contribution in [2.45, 2.75) is 45.4 Å². The van der Waals surface area contributed by atoms with E-state index in [1.165, 1.54) is 18.5 Å². The second-order valence-electron chi connectivity index (χ2n) is 5.18. The first-order chi connectivity index (χ1) is 9.67. The summed E-state index contributed by atoms with van der Waals surface area (Å²) in [6.45, 7) is 4.45. The second kappa shape index (κ2) is 6.93. The third-order valence-electron chi connectivity index (χ3n) is 3.62. The van der Waals surface area contributed by atoms with Crippen LogP contribution in [0.1, 0.15) is 51.1 Å². The molecule has 0 aliphatic heterocycles. The molecule has 0 bridgehead atoms. The molecule has 108 valence electrons. The van der Waals surface area contributed by atoms with Gasteiger partial charge in [-0.3, -0.25) is 5.10 Å². The molecule has 0 aliphatic rings. The van der Waals surface area contributed by atoms with Crippen molar-refractivity contribution in [2.75, 3.05) is 5.73 Å². The smallest absolute Gasteiger partial charge is 0.153 e. The predicted octanol–water partition coefficient (Wildman–Crippen LogP) is 5.11. The molecule has 1 aromatic carbocycles. The van der Waals surface area contributed by atoms with Crippen molar-refractivity contribution in [2.24, 2.45) is 0 Å². The van der Waals surface area contributed by atoms with Crippen LogP contribution in [0.4, 0.5) is 5.82 Å². The van der Waals surface area contributed by atoms with Crippen LogP contribution in [-0.2, 0) is 0 Å². The number of aromatic amines is 1. The summed E-state index contributed by atoms with van der Waals surface area (Å²) in [7, 11) is 0. The van der Waals surface area contributed by atoms with Gasteiger partial charge in [0.25, 0.3) is 0 Å². The average molecular weight is 336 g/mol. The molecular formula is C16H22BrN3. The van der Waals surface area contributed by atoms with Crippen LogP contribution in [0.3, 0.4) is 0 Å². The molecule has 0 aliphatic carbocycles. The van der Waals surface area contributed by atoms with Gasteiger partial charge in [-0.25, -0.2) is 0 Å². The summed E-state index contributed by atoms with van der Waals surface area (Å²) in [5.41, 5.74) is 9.47. The van der Waals surface area contributed by atoms with Gasteiger partial charge in [0.2, 0.25) is 0 Å². The zero-order chi connectivity index (χ0) is 14.5. The third-order valence-corrected chi connectivity index (χ3v) is 4.11. The van der Waals surface area contributed by atoms with E-state index in [1.54, 1.807) is 0 Å². The van der Waals surface area contributed by atoms with E-state index >= 15 is 0 Å². The van der Waals surface area contributed by atoms with E-state index in [0.717, 1.165) is 28.4 Å². The standard InChI is InChI=1S/C16H22BrN3/c1-3-6-11(7-4-2)15-14(16(18)20-19-15)12-8-5-9-13(17)10-12/h5,8-11H,3-4,6-7H2,1-2H3,(H3,18,19,20). The lowest BCUT2D eigenvalue weighted by molar-refractivity contribution is 0.548. The van der Waals surface area contributed by atoms with E-state index in [2.05, 4.69) is 52.1 Å². The van der Waals surface area contributed by atoms with Gasteiger partial charge in [0, 0.05) is 21.6 Å². The molecule has 0 saturated heterocycles. The topological polar surface area (TPSA) is 54.7 Å². The highest BCUT2D eigenvalue weighted by molar-refractivity contribution is 9.10. The molecule has 3 N–H and O–H groups in total. The van der Waals surface area contributed by atoms with E-state index < -0.39 is 0 Å². The molecule has 0 unspecified atom stereocenters. The second-order valence-corrected chi connectivity index (χ2v) is 6.10. The van der Waals surface area contributed by atoms with Crippen LogP contribution in [0, 0.1) is 0 Å². The Morgan fingerprint density at radius 1 is 1.25 bits per heavy atom. The highest BCUT2D eigenvalue weighted by Crippen LogP contribution is 2.37. The fourth-order valence-corrected chi connectivity index (χ4v) is 3.14. The Morgan fingerprint density at radius 2 is 1.95 bits per heavy atom. The van der Waals surface area contributed by atoms with Gasteiger partial charge in [-0.2, -0.15) is 5.10 Å². The SMILES string of the molecule is CCCC(CCC)c1[nH]nc(N)c1-c1cccc(Br)c1. The van der Waals surface area contributed by atoms with Gasteiger partial charge in [-0.15, -0.1) is 0 Å². The number of nitrogens with two attached hydrogens (primary N) is 1. The molecule has 0 saturated carbocycles. The fourth-order valence-electron chi connectivity index (χ4n) is 2.74. The van der Waals surface area contributed by atoms with Gasteiger partial charge in [-0.1, -0.05) is 54.8 Å². The van der Waals surface area contributed by atoms with Crippen molar-refractivity contribution in [3.63, 3.8) is 0 Å². The molecular weight excluding hydrogens is 314 g/mol. The summed E-state index contributed by atoms with van der Waals surface area (Å²) in [4.78, 5) is 0. The van der Waals surface area contributed by atoms with Crippen LogP contribution < -0.4 is 5.73 Å². The molecule has 3 nitrogen and oxygen atoms in total. The number of hydrogen-bond acceptors (Lipinski definition) is 2. The minimum atomic E-state index is 0.504. The van der Waals surface area contributed by atoms with Crippen molar-refractivity contribution < 1.29 is 0 Å². The van der Waals surface area contributed by atoms with E-state index in [0.29, 0.717) is 11.7 Å². The van der Waals surface area contributed by atoms with Gasteiger partial charge in [0.1, 0.15) is 0 Å². The lowest BCUT2D eigenvalue weighted by atomic mass is 9.90. The van der Waals surface area contributed by atoms with Crippen molar-refractivity contribution in [3.8, 4) is 11.1 Å². The van der Waals surface area contributed by atoms with E-state index in [4.69, 9.17) is 5.73 Å². The van der Waals surface area contributed by atoms with Gasteiger partial charge >= 0.3 is 0 Å². The number of aromatic nitrogens is 2. The number of benzene rings is 1. The van der Waals surface area contributed by atoms with Gasteiger partial charge in [0.15, 0.2) is 5.82 Å². The molecule has 4 heteroatoms. The number of nitrogen functional groups attached to an aromatic ring is 1. The molecule has 1 heterocycles. The van der Waals surface area contributed by atoms with Crippen LogP contribution in [0.5, 0.6) is 0 Å². The first-order valence-corrected chi connectivity index (χ1v) is 8.06. The Bertz CT molecular complexity index is 557. The number of anilines is 1. The normalized spacial score (nSPS) is 11.2. The molecule has 20 heavy (non-hydrogen) atoms. The summed E-state index contributed by atoms with van der Waals surface area (Å²) < 4.78 is 1.06. The quantitative estimate of drug-likeness (QED) is 0.770. The maximum absolute atomic E-state index is 6.10. The van der Waals surface area contributed by atoms with Crippen LogP contribution in [0.2, 0.25) is 0 Å². The molecule has 0 atom stereocenters. The highest BCUT2D eigenvalue weighted by atomic mass is 79.9. The number of rotatable bonds is 6. The van der Waals surface area contributed by atoms with Gasteiger partial charge in [0.05, 0.1) is 0 Å². The summed E-state index contributed by atoms with van der Waals surface area (Å²) in [6, 6.07) is 8.24. The Hall–Kier alpha value is -1.29. The van der Waals surface area contributed by atoms with Gasteiger partial charge in [-0.05, 0) is 30.5 Å². The minimum absolute atomic E-state index is 0.504. The molecule has 0 radical (unpaired) electrons. The van der Waals surface area contributed by atoms with Gasteiger partial charge < -0.3 is 5.73 Å². The van der Waals surface area contributed by atoms with Crippen LogP contribution in [0.25, 0.3) is 11.1 Å². The Morgan fingerprint density at radius 3 is 2.55 bits per heavy atom. The van der Waals surface area contributed by atoms with Crippen molar-refractivity contribution in [3.05, 3.63) is 34.4 Å². The molecule has 1 aromatic heterocycles. The molecule has 2 aromatic rings. The first kappa shape index (κ1) is 15.1. The van der Waals surface area contributed by atoms with Crippen molar-refractivity contribution in [1.82, 2.24) is 10.2 Å². The zero-order valence-corrected chi connectivity index (χ0v) is 13.7. The average Bonchev–Trinajstić information content (AvgIpc) is 2.80. The molecule has 2 rings (SSSR count). The van der Waals surface area contributed by atoms with Crippen molar-refractivity contribution >= 4 is 21.7 Å². The number of nitrogens with one attached hydrogen (secondary N) is 1. The summed E-state index contributed by atoms with van der Waals surface area (Å²) in [5.74, 6) is 1.10. The predicted molar refractivity (Wildman–Crippen MR) is 88.7 cm³/mol. The first-order valence-electron chi connectivity index (χ1n) is 7.27. The lowest BCUT2D eigenvalue weighted by Crippen LogP contribution is -2.01. The maximum atomic E-state index is 6.10. The van der Waals surface area contributed by atoms with E-state index in [1.807, 2.05) is 12.1 Å². The Balaban J connectivity index is 2.45. The van der Waals surface area contributed by atoms with Crippen LogP contribution >= 0.6 is 15.9 Å². The number of hydrogen-bond donors (Lipinski definition) is 2. The zero-order valence-electron chi connectivity index (χ0n) is 12.1. The number of nitrogens with zero attached hydrogens (tertiary/aromatic N) is 1. The summed E-state index contributed by atoms with van der Waals surface area (Å²) in [6.07, 6.45) is 4.66. The van der Waals surface area contributed by atoms with Crippen molar-refractivity contribution in [1.29, 1.82) is 0 Å². The summed E-state index contributed by atoms with van der Waals surface area (Å²) >= 11 is 3.52. The fraction of sp³-hybridized carbons (Fsp3) is 0.438. The molecule has 0 fully saturated rings. The van der Waals surface area contributed by atoms with Crippen LogP contribution in [0.15, 0.2) is 28.7 Å². The summed E-state index contributed by atoms with van der Waals surface area (Å²) in [5, 5.41) is 7.42. The van der Waals surface area contributed by atoms with E-state index in [9.17, 15) is 0 Å². The monoisotopic (exact) mass is 335 g/mol. The largest absolute Gasteiger partial charge is 0.382 e. The Labute approximate surface area is 129 Å². The Kier molecular flexibility index (Phi) is 5.24. The third kappa shape index (κ3) is 3.23. The highest BCUT2D eigenvalue weighted by Gasteiger charge is 2.20. The maximum Gasteiger partial charge on any atom is 0.153 e. The van der Waals surface area contributed by atoms with Crippen LogP contribution in [-0.4, -0.2) is 10.2 Å². The number of H-pyrrole nitrogens is 1. The minimum Gasteiger partial charge on any atom is -0.382 e. The number of halogens is 1. The molecule has 0 spiro atoms. The molecule has 0 amide bonds. The lowest BCUT2D eigenvalue weighted by Gasteiger charge is -2.16.